The fourth-order valence-electron chi connectivity index (χ4n) is 3.59. The van der Waals surface area contributed by atoms with Crippen molar-refractivity contribution in [3.8, 4) is 11.5 Å². The molecule has 2 aromatic heterocycles. The van der Waals surface area contributed by atoms with Gasteiger partial charge in [0.1, 0.15) is 11.3 Å². The minimum Gasteiger partial charge on any atom is -0.454 e. The Morgan fingerprint density at radius 3 is 2.69 bits per heavy atom. The number of piperazine rings is 1. The summed E-state index contributed by atoms with van der Waals surface area (Å²) in [5.41, 5.74) is 1.85. The molecule has 8 nitrogen and oxygen atoms in total. The molecular weight excluding hydrogens is 370 g/mol. The average Bonchev–Trinajstić information content (AvgIpc) is 3.34. The first-order valence-corrected chi connectivity index (χ1v) is 9.84. The van der Waals surface area contributed by atoms with Crippen molar-refractivity contribution >= 4 is 22.8 Å². The monoisotopic (exact) mass is 395 g/mol. The van der Waals surface area contributed by atoms with Crippen LogP contribution in [-0.4, -0.2) is 70.6 Å². The quantitative estimate of drug-likeness (QED) is 0.690. The van der Waals surface area contributed by atoms with Crippen LogP contribution in [0.4, 0.5) is 0 Å². The zero-order valence-electron chi connectivity index (χ0n) is 16.6. The van der Waals surface area contributed by atoms with E-state index in [1.165, 1.54) is 0 Å². The third-order valence-corrected chi connectivity index (χ3v) is 5.02. The summed E-state index contributed by atoms with van der Waals surface area (Å²) in [6, 6.07) is 9.76. The van der Waals surface area contributed by atoms with Gasteiger partial charge >= 0.3 is 0 Å². The number of aromatic nitrogens is 2. The number of amides is 2. The van der Waals surface area contributed by atoms with Gasteiger partial charge in [0, 0.05) is 37.6 Å². The van der Waals surface area contributed by atoms with E-state index in [4.69, 9.17) is 4.42 Å². The molecule has 0 saturated carbocycles. The molecule has 3 heterocycles. The highest BCUT2D eigenvalue weighted by molar-refractivity contribution is 6.00. The summed E-state index contributed by atoms with van der Waals surface area (Å²) in [5, 5.41) is 10.8. The SMILES string of the molecule is CC(C)NC(=O)CN1CCN(C(=O)c2cn[nH]c2-c2cc3ccccc3o2)CC1. The van der Waals surface area contributed by atoms with Crippen molar-refractivity contribution in [2.75, 3.05) is 32.7 Å². The van der Waals surface area contributed by atoms with E-state index in [0.717, 1.165) is 11.0 Å². The van der Waals surface area contributed by atoms with Crippen molar-refractivity contribution in [1.29, 1.82) is 0 Å². The van der Waals surface area contributed by atoms with Gasteiger partial charge < -0.3 is 14.6 Å². The van der Waals surface area contributed by atoms with E-state index in [-0.39, 0.29) is 17.9 Å². The molecule has 1 aromatic carbocycles. The first-order chi connectivity index (χ1) is 14.0. The second-order valence-electron chi connectivity index (χ2n) is 7.60. The Balaban J connectivity index is 1.43. The highest BCUT2D eigenvalue weighted by Crippen LogP contribution is 2.29. The Hall–Kier alpha value is -3.13. The Kier molecular flexibility index (Phi) is 5.35. The third-order valence-electron chi connectivity index (χ3n) is 5.02. The van der Waals surface area contributed by atoms with Crippen LogP contribution < -0.4 is 5.32 Å². The topological polar surface area (TPSA) is 94.5 Å². The number of carbonyl (C=O) groups is 2. The van der Waals surface area contributed by atoms with Crippen LogP contribution in [0, 0.1) is 0 Å². The lowest BCUT2D eigenvalue weighted by atomic mass is 10.1. The van der Waals surface area contributed by atoms with Gasteiger partial charge in [-0.3, -0.25) is 19.6 Å². The number of nitrogens with one attached hydrogen (secondary N) is 2. The van der Waals surface area contributed by atoms with Gasteiger partial charge in [0.2, 0.25) is 5.91 Å². The highest BCUT2D eigenvalue weighted by Gasteiger charge is 2.27. The van der Waals surface area contributed by atoms with E-state index >= 15 is 0 Å². The van der Waals surface area contributed by atoms with Crippen LogP contribution >= 0.6 is 0 Å². The van der Waals surface area contributed by atoms with Crippen LogP contribution in [-0.2, 0) is 4.79 Å². The number of para-hydroxylation sites is 1. The number of furan rings is 1. The van der Waals surface area contributed by atoms with Gasteiger partial charge in [-0.2, -0.15) is 5.10 Å². The first-order valence-electron chi connectivity index (χ1n) is 9.84. The summed E-state index contributed by atoms with van der Waals surface area (Å²) >= 11 is 0. The molecule has 29 heavy (non-hydrogen) atoms. The fraction of sp³-hybridized carbons (Fsp3) is 0.381. The Morgan fingerprint density at radius 1 is 1.21 bits per heavy atom. The normalized spacial score (nSPS) is 15.2. The number of nitrogens with zero attached hydrogens (tertiary/aromatic N) is 3. The van der Waals surface area contributed by atoms with E-state index in [1.54, 1.807) is 11.1 Å². The molecule has 0 spiro atoms. The molecule has 152 valence electrons. The zero-order valence-corrected chi connectivity index (χ0v) is 16.6. The van der Waals surface area contributed by atoms with E-state index in [2.05, 4.69) is 20.4 Å². The second kappa shape index (κ2) is 8.08. The Morgan fingerprint density at radius 2 is 1.97 bits per heavy atom. The number of rotatable bonds is 5. The number of hydrogen-bond donors (Lipinski definition) is 2. The number of H-pyrrole nitrogens is 1. The van der Waals surface area contributed by atoms with Gasteiger partial charge in [-0.15, -0.1) is 0 Å². The highest BCUT2D eigenvalue weighted by atomic mass is 16.3. The van der Waals surface area contributed by atoms with Crippen molar-refractivity contribution in [1.82, 2.24) is 25.3 Å². The van der Waals surface area contributed by atoms with Crippen molar-refractivity contribution in [2.24, 2.45) is 0 Å². The van der Waals surface area contributed by atoms with Gasteiger partial charge in [-0.25, -0.2) is 0 Å². The van der Waals surface area contributed by atoms with Gasteiger partial charge in [0.05, 0.1) is 18.3 Å². The minimum absolute atomic E-state index is 0.0155. The van der Waals surface area contributed by atoms with E-state index < -0.39 is 0 Å². The molecule has 2 N–H and O–H groups in total. The van der Waals surface area contributed by atoms with Crippen LogP contribution in [0.15, 0.2) is 40.9 Å². The molecule has 1 saturated heterocycles. The molecular formula is C21H25N5O3. The summed E-state index contributed by atoms with van der Waals surface area (Å²) in [7, 11) is 0. The molecule has 1 aliphatic rings. The fourth-order valence-corrected chi connectivity index (χ4v) is 3.59. The summed E-state index contributed by atoms with van der Waals surface area (Å²) in [6.45, 7) is 6.70. The van der Waals surface area contributed by atoms with Crippen LogP contribution in [0.25, 0.3) is 22.4 Å². The summed E-state index contributed by atoms with van der Waals surface area (Å²) < 4.78 is 5.89. The summed E-state index contributed by atoms with van der Waals surface area (Å²) in [5.74, 6) is 0.526. The Bertz CT molecular complexity index is 981. The predicted molar refractivity (Wildman–Crippen MR) is 109 cm³/mol. The third kappa shape index (κ3) is 4.17. The maximum Gasteiger partial charge on any atom is 0.257 e. The number of fused-ring (bicyclic) bond motifs is 1. The molecule has 0 unspecified atom stereocenters. The van der Waals surface area contributed by atoms with Crippen LogP contribution in [0.1, 0.15) is 24.2 Å². The van der Waals surface area contributed by atoms with Crippen molar-refractivity contribution in [3.05, 3.63) is 42.1 Å². The molecule has 1 aliphatic heterocycles. The van der Waals surface area contributed by atoms with E-state index in [1.807, 2.05) is 44.2 Å². The summed E-state index contributed by atoms with van der Waals surface area (Å²) in [6.07, 6.45) is 1.55. The maximum absolute atomic E-state index is 13.1. The van der Waals surface area contributed by atoms with E-state index in [0.29, 0.717) is 49.7 Å². The van der Waals surface area contributed by atoms with Gasteiger partial charge in [-0.05, 0) is 26.0 Å². The standard InChI is InChI=1S/C21H25N5O3/c1-14(2)23-19(27)13-25-7-9-26(10-8-25)21(28)16-12-22-24-20(16)18-11-15-5-3-4-6-17(15)29-18/h3-6,11-12,14H,7-10,13H2,1-2H3,(H,22,24)(H,23,27). The lowest BCUT2D eigenvalue weighted by Crippen LogP contribution is -2.51. The van der Waals surface area contributed by atoms with Gasteiger partial charge in [-0.1, -0.05) is 18.2 Å². The molecule has 0 bridgehead atoms. The maximum atomic E-state index is 13.1. The molecule has 0 aliphatic carbocycles. The van der Waals surface area contributed by atoms with Crippen molar-refractivity contribution in [2.45, 2.75) is 19.9 Å². The molecule has 0 radical (unpaired) electrons. The van der Waals surface area contributed by atoms with Gasteiger partial charge in [0.15, 0.2) is 5.76 Å². The molecule has 8 heteroatoms. The average molecular weight is 395 g/mol. The van der Waals surface area contributed by atoms with Crippen molar-refractivity contribution in [3.63, 3.8) is 0 Å². The summed E-state index contributed by atoms with van der Waals surface area (Å²) in [4.78, 5) is 28.9. The van der Waals surface area contributed by atoms with Gasteiger partial charge in [0.25, 0.3) is 5.91 Å². The minimum atomic E-state index is -0.0829. The molecule has 3 aromatic rings. The number of hydrogen-bond acceptors (Lipinski definition) is 5. The molecule has 0 atom stereocenters. The first kappa shape index (κ1) is 19.2. The van der Waals surface area contributed by atoms with Crippen LogP contribution in [0.5, 0.6) is 0 Å². The number of benzene rings is 1. The van der Waals surface area contributed by atoms with Crippen LogP contribution in [0.3, 0.4) is 0 Å². The zero-order chi connectivity index (χ0) is 20.4. The lowest BCUT2D eigenvalue weighted by molar-refractivity contribution is -0.123. The molecule has 2 amide bonds. The van der Waals surface area contributed by atoms with Crippen molar-refractivity contribution < 1.29 is 14.0 Å². The van der Waals surface area contributed by atoms with E-state index in [9.17, 15) is 9.59 Å². The van der Waals surface area contributed by atoms with Crippen LogP contribution in [0.2, 0.25) is 0 Å². The lowest BCUT2D eigenvalue weighted by Gasteiger charge is -2.34. The Labute approximate surface area is 168 Å². The number of carbonyl (C=O) groups excluding carboxylic acids is 2. The predicted octanol–water partition coefficient (Wildman–Crippen LogP) is 2.11. The number of aromatic amines is 1. The smallest absolute Gasteiger partial charge is 0.257 e. The largest absolute Gasteiger partial charge is 0.454 e. The molecule has 4 rings (SSSR count). The molecule has 1 fully saturated rings. The second-order valence-corrected chi connectivity index (χ2v) is 7.60.